The van der Waals surface area contributed by atoms with Gasteiger partial charge in [0.1, 0.15) is 5.54 Å². The SMILES string of the molecule is CC1CC12C(=O)N(c1ccc(S(=O)(=O)C(F)(F)F)cc1)C(=O)N2c1ccnc2c(N(C)C)cccc12. The van der Waals surface area contributed by atoms with Gasteiger partial charge < -0.3 is 4.90 Å². The molecule has 1 aliphatic carbocycles. The van der Waals surface area contributed by atoms with Crippen LogP contribution >= 0.6 is 0 Å². The number of pyridine rings is 1. The molecule has 1 aliphatic heterocycles. The van der Waals surface area contributed by atoms with E-state index in [1.54, 1.807) is 12.3 Å². The molecule has 8 nitrogen and oxygen atoms in total. The van der Waals surface area contributed by atoms with Gasteiger partial charge in [0.05, 0.1) is 27.5 Å². The van der Waals surface area contributed by atoms with Gasteiger partial charge >= 0.3 is 11.5 Å². The van der Waals surface area contributed by atoms with Crippen molar-refractivity contribution in [3.05, 3.63) is 54.7 Å². The lowest BCUT2D eigenvalue weighted by molar-refractivity contribution is -0.119. The van der Waals surface area contributed by atoms with Crippen LogP contribution in [0.2, 0.25) is 0 Å². The summed E-state index contributed by atoms with van der Waals surface area (Å²) in [5.41, 5.74) is -4.67. The van der Waals surface area contributed by atoms with Crippen molar-refractivity contribution in [3.8, 4) is 0 Å². The van der Waals surface area contributed by atoms with Crippen LogP contribution in [0, 0.1) is 5.92 Å². The smallest absolute Gasteiger partial charge is 0.376 e. The van der Waals surface area contributed by atoms with Crippen molar-refractivity contribution in [3.63, 3.8) is 0 Å². The quantitative estimate of drug-likeness (QED) is 0.477. The Bertz CT molecular complexity index is 1520. The van der Waals surface area contributed by atoms with Crippen LogP contribution in [0.25, 0.3) is 10.9 Å². The van der Waals surface area contributed by atoms with E-state index in [0.29, 0.717) is 23.0 Å². The molecule has 5 rings (SSSR count). The molecule has 12 heteroatoms. The second-order valence-electron chi connectivity index (χ2n) is 9.13. The van der Waals surface area contributed by atoms with Gasteiger partial charge in [-0.3, -0.25) is 14.7 Å². The predicted octanol–water partition coefficient (Wildman–Crippen LogP) is 4.35. The fourth-order valence-corrected chi connectivity index (χ4v) is 5.58. The highest BCUT2D eigenvalue weighted by atomic mass is 32.2. The molecule has 2 unspecified atom stereocenters. The maximum Gasteiger partial charge on any atom is 0.501 e. The number of para-hydroxylation sites is 1. The zero-order chi connectivity index (χ0) is 26.2. The third kappa shape index (κ3) is 3.20. The summed E-state index contributed by atoms with van der Waals surface area (Å²) in [5, 5.41) is 0.664. The van der Waals surface area contributed by atoms with Crippen molar-refractivity contribution in [2.75, 3.05) is 28.8 Å². The summed E-state index contributed by atoms with van der Waals surface area (Å²) in [4.78, 5) is 35.0. The molecule has 3 aromatic rings. The molecule has 0 bridgehead atoms. The number of carbonyl (C=O) groups excluding carboxylic acids is 2. The molecule has 1 aromatic heterocycles. The molecule has 2 heterocycles. The van der Waals surface area contributed by atoms with Gasteiger partial charge in [-0.25, -0.2) is 18.1 Å². The van der Waals surface area contributed by atoms with E-state index < -0.39 is 37.7 Å². The third-order valence-electron chi connectivity index (χ3n) is 6.79. The highest BCUT2D eigenvalue weighted by Crippen LogP contribution is 2.56. The molecule has 0 radical (unpaired) electrons. The average Bonchev–Trinajstić information content (AvgIpc) is 3.43. The van der Waals surface area contributed by atoms with Crippen LogP contribution in [0.3, 0.4) is 0 Å². The second-order valence-corrected chi connectivity index (χ2v) is 11.1. The Balaban J connectivity index is 1.61. The maximum absolute atomic E-state index is 13.7. The molecule has 1 saturated carbocycles. The Morgan fingerprint density at radius 2 is 1.69 bits per heavy atom. The first kappa shape index (κ1) is 24.0. The third-order valence-corrected chi connectivity index (χ3v) is 8.29. The summed E-state index contributed by atoms with van der Waals surface area (Å²) >= 11 is 0. The molecular weight excluding hydrogens is 497 g/mol. The highest BCUT2D eigenvalue weighted by Gasteiger charge is 2.70. The predicted molar refractivity (Wildman–Crippen MR) is 128 cm³/mol. The molecule has 188 valence electrons. The minimum Gasteiger partial charge on any atom is -0.376 e. The Kier molecular flexibility index (Phi) is 5.12. The molecule has 2 atom stereocenters. The monoisotopic (exact) mass is 518 g/mol. The number of hydrogen-bond donors (Lipinski definition) is 0. The summed E-state index contributed by atoms with van der Waals surface area (Å²) < 4.78 is 62.2. The van der Waals surface area contributed by atoms with E-state index >= 15 is 0 Å². The molecule has 3 amide bonds. The molecule has 2 fully saturated rings. The van der Waals surface area contributed by atoms with Crippen molar-refractivity contribution >= 4 is 49.7 Å². The number of nitrogens with zero attached hydrogens (tertiary/aromatic N) is 4. The molecular formula is C24H21F3N4O4S. The fraction of sp³-hybridized carbons (Fsp3) is 0.292. The molecule has 36 heavy (non-hydrogen) atoms. The molecule has 2 aliphatic rings. The Morgan fingerprint density at radius 3 is 2.25 bits per heavy atom. The number of imide groups is 1. The normalized spacial score (nSPS) is 22.1. The minimum atomic E-state index is -5.56. The van der Waals surface area contributed by atoms with Crippen molar-refractivity contribution in [1.29, 1.82) is 0 Å². The second kappa shape index (κ2) is 7.66. The van der Waals surface area contributed by atoms with Crippen LogP contribution in [0.1, 0.15) is 13.3 Å². The maximum atomic E-state index is 13.7. The number of sulfone groups is 1. The summed E-state index contributed by atoms with van der Waals surface area (Å²) in [6.07, 6.45) is 1.97. The number of benzene rings is 2. The van der Waals surface area contributed by atoms with Gasteiger partial charge in [-0.15, -0.1) is 0 Å². The lowest BCUT2D eigenvalue weighted by atomic mass is 10.1. The van der Waals surface area contributed by atoms with Crippen molar-refractivity contribution in [2.45, 2.75) is 29.3 Å². The summed E-state index contributed by atoms with van der Waals surface area (Å²) in [5.74, 6) is -0.677. The van der Waals surface area contributed by atoms with E-state index in [-0.39, 0.29) is 11.6 Å². The van der Waals surface area contributed by atoms with Crippen LogP contribution in [-0.4, -0.2) is 50.5 Å². The number of fused-ring (bicyclic) bond motifs is 1. The first-order valence-corrected chi connectivity index (χ1v) is 12.5. The van der Waals surface area contributed by atoms with Crippen LogP contribution in [-0.2, 0) is 14.6 Å². The van der Waals surface area contributed by atoms with Gasteiger partial charge in [0.2, 0.25) is 0 Å². The Morgan fingerprint density at radius 1 is 1.06 bits per heavy atom. The lowest BCUT2D eigenvalue weighted by Gasteiger charge is -2.24. The van der Waals surface area contributed by atoms with Crippen LogP contribution in [0.15, 0.2) is 59.6 Å². The number of alkyl halides is 3. The van der Waals surface area contributed by atoms with Crippen molar-refractivity contribution in [2.24, 2.45) is 5.92 Å². The molecule has 2 aromatic carbocycles. The van der Waals surface area contributed by atoms with Crippen molar-refractivity contribution in [1.82, 2.24) is 4.98 Å². The van der Waals surface area contributed by atoms with E-state index in [0.717, 1.165) is 34.9 Å². The summed E-state index contributed by atoms with van der Waals surface area (Å²) in [6, 6.07) is 10.1. The topological polar surface area (TPSA) is 90.9 Å². The van der Waals surface area contributed by atoms with Crippen LogP contribution < -0.4 is 14.7 Å². The summed E-state index contributed by atoms with van der Waals surface area (Å²) in [7, 11) is -1.83. The van der Waals surface area contributed by atoms with Gasteiger partial charge in [-0.1, -0.05) is 19.1 Å². The van der Waals surface area contributed by atoms with Crippen LogP contribution in [0.4, 0.5) is 35.0 Å². The Labute approximate surface area is 204 Å². The molecule has 1 spiro atoms. The van der Waals surface area contributed by atoms with Crippen molar-refractivity contribution < 1.29 is 31.2 Å². The zero-order valence-corrected chi connectivity index (χ0v) is 20.3. The van der Waals surface area contributed by atoms with Gasteiger partial charge in [0.25, 0.3) is 15.7 Å². The van der Waals surface area contributed by atoms with Gasteiger partial charge in [0.15, 0.2) is 0 Å². The number of amides is 3. The number of aromatic nitrogens is 1. The van der Waals surface area contributed by atoms with Gasteiger partial charge in [0, 0.05) is 25.7 Å². The van der Waals surface area contributed by atoms with E-state index in [9.17, 15) is 31.2 Å². The average molecular weight is 519 g/mol. The zero-order valence-electron chi connectivity index (χ0n) is 19.4. The number of halogens is 3. The van der Waals surface area contributed by atoms with E-state index in [1.165, 1.54) is 4.90 Å². The standard InChI is InChI=1S/C24H21F3N4O4S/c1-14-13-23(14)21(32)30(15-7-9-16(10-8-15)36(34,35)24(25,26)27)22(33)31(23)18-11-12-28-20-17(18)5-4-6-19(20)29(2)3/h4-12,14H,13H2,1-3H3. The highest BCUT2D eigenvalue weighted by molar-refractivity contribution is 7.92. The van der Waals surface area contributed by atoms with E-state index in [4.69, 9.17) is 0 Å². The number of carbonyl (C=O) groups is 2. The number of urea groups is 1. The molecule has 0 N–H and O–H groups in total. The van der Waals surface area contributed by atoms with E-state index in [1.807, 2.05) is 44.1 Å². The Hall–Kier alpha value is -3.67. The van der Waals surface area contributed by atoms with Crippen LogP contribution in [0.5, 0.6) is 0 Å². The lowest BCUT2D eigenvalue weighted by Crippen LogP contribution is -2.39. The number of hydrogen-bond acceptors (Lipinski definition) is 6. The minimum absolute atomic E-state index is 0.0144. The van der Waals surface area contributed by atoms with Gasteiger partial charge in [-0.05, 0) is 48.7 Å². The first-order valence-electron chi connectivity index (χ1n) is 11.0. The van der Waals surface area contributed by atoms with E-state index in [2.05, 4.69) is 4.98 Å². The number of anilines is 3. The largest absolute Gasteiger partial charge is 0.501 e. The van der Waals surface area contributed by atoms with Gasteiger partial charge in [-0.2, -0.15) is 13.2 Å². The molecule has 1 saturated heterocycles. The number of rotatable bonds is 4. The first-order chi connectivity index (χ1) is 16.8. The fourth-order valence-electron chi connectivity index (χ4n) is 4.82. The summed E-state index contributed by atoms with van der Waals surface area (Å²) in [6.45, 7) is 1.84.